The summed E-state index contributed by atoms with van der Waals surface area (Å²) in [7, 11) is 3.31. The number of hydrogen-bond acceptors (Lipinski definition) is 3. The molecule has 1 heterocycles. The van der Waals surface area contributed by atoms with E-state index in [0.717, 1.165) is 33.9 Å². The van der Waals surface area contributed by atoms with Gasteiger partial charge in [0, 0.05) is 11.1 Å². The Kier molecular flexibility index (Phi) is 5.54. The third-order valence-corrected chi connectivity index (χ3v) is 5.15. The summed E-state index contributed by atoms with van der Waals surface area (Å²) in [5, 5.41) is 5.45. The van der Waals surface area contributed by atoms with Gasteiger partial charge >= 0.3 is 0 Å². The number of rotatable bonds is 6. The molecule has 4 nitrogen and oxygen atoms in total. The maximum Gasteiger partial charge on any atom is 0.128 e. The van der Waals surface area contributed by atoms with Crippen molar-refractivity contribution in [2.45, 2.75) is 6.54 Å². The Hall–Kier alpha value is -3.24. The summed E-state index contributed by atoms with van der Waals surface area (Å²) in [5.41, 5.74) is 4.37. The predicted octanol–water partition coefficient (Wildman–Crippen LogP) is 5.94. The molecule has 0 saturated carbocycles. The van der Waals surface area contributed by atoms with Crippen LogP contribution in [0, 0.1) is 0 Å². The van der Waals surface area contributed by atoms with Crippen molar-refractivity contribution in [1.82, 2.24) is 9.78 Å². The third-order valence-electron chi connectivity index (χ3n) is 4.79. The van der Waals surface area contributed by atoms with E-state index in [1.165, 1.54) is 0 Å². The van der Waals surface area contributed by atoms with Crippen LogP contribution in [0.5, 0.6) is 11.5 Å². The molecule has 0 aliphatic carbocycles. The Bertz CT molecular complexity index is 1120. The zero-order valence-corrected chi connectivity index (χ0v) is 17.1. The Morgan fingerprint density at radius 1 is 0.759 bits per heavy atom. The lowest BCUT2D eigenvalue weighted by Crippen LogP contribution is -2.04. The van der Waals surface area contributed by atoms with Crippen LogP contribution in [-0.2, 0) is 6.54 Å². The molecule has 29 heavy (non-hydrogen) atoms. The van der Waals surface area contributed by atoms with E-state index >= 15 is 0 Å². The summed E-state index contributed by atoms with van der Waals surface area (Å²) in [6.07, 6.45) is 0. The lowest BCUT2D eigenvalue weighted by molar-refractivity contribution is 0.416. The van der Waals surface area contributed by atoms with Gasteiger partial charge in [-0.3, -0.25) is 4.68 Å². The highest BCUT2D eigenvalue weighted by Crippen LogP contribution is 2.42. The average Bonchev–Trinajstić information content (AvgIpc) is 3.09. The number of benzene rings is 3. The first kappa shape index (κ1) is 19.1. The Labute approximate surface area is 175 Å². The second-order valence-electron chi connectivity index (χ2n) is 6.56. The highest BCUT2D eigenvalue weighted by Gasteiger charge is 2.23. The molecule has 0 fully saturated rings. The van der Waals surface area contributed by atoms with E-state index in [9.17, 15) is 0 Å². The van der Waals surface area contributed by atoms with Gasteiger partial charge in [0.05, 0.1) is 31.5 Å². The first-order valence-corrected chi connectivity index (χ1v) is 9.67. The lowest BCUT2D eigenvalue weighted by Gasteiger charge is -2.11. The summed E-state index contributed by atoms with van der Waals surface area (Å²) in [6, 6.07) is 25.8. The van der Waals surface area contributed by atoms with Crippen LogP contribution < -0.4 is 9.47 Å². The van der Waals surface area contributed by atoms with Crippen LogP contribution in [0.1, 0.15) is 5.56 Å². The van der Waals surface area contributed by atoms with Gasteiger partial charge in [0.25, 0.3) is 0 Å². The predicted molar refractivity (Wildman–Crippen MR) is 117 cm³/mol. The zero-order chi connectivity index (χ0) is 20.2. The summed E-state index contributed by atoms with van der Waals surface area (Å²) in [4.78, 5) is 0. The lowest BCUT2D eigenvalue weighted by atomic mass is 10.1. The van der Waals surface area contributed by atoms with Crippen molar-refractivity contribution in [2.24, 2.45) is 0 Å². The smallest absolute Gasteiger partial charge is 0.128 e. The van der Waals surface area contributed by atoms with Crippen LogP contribution >= 0.6 is 11.6 Å². The largest absolute Gasteiger partial charge is 0.496 e. The second kappa shape index (κ2) is 8.41. The summed E-state index contributed by atoms with van der Waals surface area (Å²) < 4.78 is 13.1. The van der Waals surface area contributed by atoms with E-state index in [1.807, 2.05) is 71.4 Å². The van der Waals surface area contributed by atoms with Gasteiger partial charge in [0.15, 0.2) is 0 Å². The number of nitrogens with zero attached hydrogens (tertiary/aromatic N) is 2. The van der Waals surface area contributed by atoms with Gasteiger partial charge in [-0.15, -0.1) is 0 Å². The topological polar surface area (TPSA) is 36.3 Å². The quantitative estimate of drug-likeness (QED) is 0.399. The number of aromatic nitrogens is 2. The molecule has 0 aliphatic heterocycles. The number of hydrogen-bond donors (Lipinski definition) is 0. The Morgan fingerprint density at radius 3 is 1.97 bits per heavy atom. The molecule has 0 amide bonds. The molecule has 4 rings (SSSR count). The van der Waals surface area contributed by atoms with Crippen LogP contribution in [0.15, 0.2) is 78.9 Å². The van der Waals surface area contributed by atoms with Gasteiger partial charge in [-0.1, -0.05) is 66.2 Å². The number of methoxy groups -OCH3 is 2. The average molecular weight is 405 g/mol. The van der Waals surface area contributed by atoms with Crippen molar-refractivity contribution in [3.05, 3.63) is 89.4 Å². The van der Waals surface area contributed by atoms with Crippen LogP contribution in [0.3, 0.4) is 0 Å². The van der Waals surface area contributed by atoms with Crippen molar-refractivity contribution in [3.8, 4) is 34.0 Å². The molecule has 146 valence electrons. The molecule has 0 bridgehead atoms. The van der Waals surface area contributed by atoms with Gasteiger partial charge in [-0.2, -0.15) is 5.10 Å². The molecule has 5 heteroatoms. The number of halogens is 1. The number of ether oxygens (including phenoxy) is 2. The van der Waals surface area contributed by atoms with Gasteiger partial charge < -0.3 is 9.47 Å². The summed E-state index contributed by atoms with van der Waals surface area (Å²) in [6.45, 7) is 0.586. The third kappa shape index (κ3) is 3.71. The first-order chi connectivity index (χ1) is 14.2. The molecular weight excluding hydrogens is 384 g/mol. The zero-order valence-electron chi connectivity index (χ0n) is 16.3. The summed E-state index contributed by atoms with van der Waals surface area (Å²) in [5.74, 6) is 1.47. The molecule has 4 aromatic rings. The summed E-state index contributed by atoms with van der Waals surface area (Å²) >= 11 is 6.93. The van der Waals surface area contributed by atoms with Crippen molar-refractivity contribution >= 4 is 11.6 Å². The van der Waals surface area contributed by atoms with E-state index in [0.29, 0.717) is 17.3 Å². The minimum absolute atomic E-state index is 0.565. The Balaban J connectivity index is 1.93. The van der Waals surface area contributed by atoms with Gasteiger partial charge in [0.1, 0.15) is 17.2 Å². The van der Waals surface area contributed by atoms with Gasteiger partial charge in [-0.25, -0.2) is 0 Å². The molecule has 0 N–H and O–H groups in total. The fraction of sp³-hybridized carbons (Fsp3) is 0.125. The fourth-order valence-corrected chi connectivity index (χ4v) is 3.76. The molecule has 0 spiro atoms. The maximum atomic E-state index is 6.93. The van der Waals surface area contributed by atoms with E-state index in [1.54, 1.807) is 14.2 Å². The van der Waals surface area contributed by atoms with E-state index < -0.39 is 0 Å². The van der Waals surface area contributed by atoms with Crippen LogP contribution in [0.4, 0.5) is 0 Å². The highest BCUT2D eigenvalue weighted by molar-refractivity contribution is 6.35. The SMILES string of the molecule is COc1ccccc1-c1nn(Cc2ccccc2)c(-c2ccccc2OC)c1Cl. The van der Waals surface area contributed by atoms with Crippen molar-refractivity contribution in [3.63, 3.8) is 0 Å². The molecule has 0 saturated heterocycles. The monoisotopic (exact) mass is 404 g/mol. The number of para-hydroxylation sites is 2. The normalized spacial score (nSPS) is 10.7. The van der Waals surface area contributed by atoms with Crippen molar-refractivity contribution in [1.29, 1.82) is 0 Å². The molecule has 3 aromatic carbocycles. The first-order valence-electron chi connectivity index (χ1n) is 9.30. The highest BCUT2D eigenvalue weighted by atomic mass is 35.5. The minimum Gasteiger partial charge on any atom is -0.496 e. The minimum atomic E-state index is 0.565. The van der Waals surface area contributed by atoms with Gasteiger partial charge in [-0.05, 0) is 29.8 Å². The van der Waals surface area contributed by atoms with Crippen molar-refractivity contribution in [2.75, 3.05) is 14.2 Å². The molecule has 0 aliphatic rings. The van der Waals surface area contributed by atoms with E-state index in [-0.39, 0.29) is 0 Å². The van der Waals surface area contributed by atoms with Crippen LogP contribution in [0.25, 0.3) is 22.5 Å². The second-order valence-corrected chi connectivity index (χ2v) is 6.93. The molecule has 0 radical (unpaired) electrons. The maximum absolute atomic E-state index is 6.93. The van der Waals surface area contributed by atoms with E-state index in [2.05, 4.69) is 12.1 Å². The standard InChI is InChI=1S/C24H21ClN2O2/c1-28-20-14-8-6-12-18(20)23-22(25)24(19-13-7-9-15-21(19)29-2)27(26-23)16-17-10-4-3-5-11-17/h3-15H,16H2,1-2H3. The molecule has 0 unspecified atom stereocenters. The molecule has 1 aromatic heterocycles. The Morgan fingerprint density at radius 2 is 1.31 bits per heavy atom. The van der Waals surface area contributed by atoms with Crippen LogP contribution in [0.2, 0.25) is 5.02 Å². The van der Waals surface area contributed by atoms with E-state index in [4.69, 9.17) is 26.2 Å². The van der Waals surface area contributed by atoms with Crippen LogP contribution in [-0.4, -0.2) is 24.0 Å². The molecule has 0 atom stereocenters. The van der Waals surface area contributed by atoms with Crippen molar-refractivity contribution < 1.29 is 9.47 Å². The fourth-order valence-electron chi connectivity index (χ4n) is 3.42. The van der Waals surface area contributed by atoms with Gasteiger partial charge in [0.2, 0.25) is 0 Å². The molecular formula is C24H21ClN2O2.